The number of nitrogens with one attached hydrogen (secondary N) is 1. The van der Waals surface area contributed by atoms with E-state index < -0.39 is 26.9 Å². The number of benzene rings is 2. The lowest BCUT2D eigenvalue weighted by molar-refractivity contribution is -0.384. The highest BCUT2D eigenvalue weighted by Crippen LogP contribution is 2.31. The van der Waals surface area contributed by atoms with E-state index in [-0.39, 0.29) is 16.5 Å². The molecule has 1 heterocycles. The van der Waals surface area contributed by atoms with Gasteiger partial charge in [-0.05, 0) is 25.0 Å². The van der Waals surface area contributed by atoms with Crippen LogP contribution in [0, 0.1) is 17.0 Å². The van der Waals surface area contributed by atoms with Gasteiger partial charge in [0.2, 0.25) is 21.1 Å². The monoisotopic (exact) mass is 507 g/mol. The number of aryl methyl sites for hydroxylation is 1. The van der Waals surface area contributed by atoms with E-state index in [2.05, 4.69) is 15.5 Å². The molecule has 174 valence electrons. The number of hydrogen-bond acceptors (Lipinski definition) is 9. The maximum absolute atomic E-state index is 12.9. The van der Waals surface area contributed by atoms with Crippen LogP contribution in [0.4, 0.5) is 16.5 Å². The zero-order chi connectivity index (χ0) is 24.2. The Labute approximate surface area is 199 Å². The highest BCUT2D eigenvalue weighted by atomic mass is 32.2. The van der Waals surface area contributed by atoms with Gasteiger partial charge in [-0.25, -0.2) is 8.42 Å². The molecule has 0 spiro atoms. The van der Waals surface area contributed by atoms with Gasteiger partial charge in [0, 0.05) is 17.9 Å². The molecule has 1 atom stereocenters. The van der Waals surface area contributed by atoms with Crippen LogP contribution < -0.4 is 9.62 Å². The van der Waals surface area contributed by atoms with Gasteiger partial charge in [-0.1, -0.05) is 59.5 Å². The van der Waals surface area contributed by atoms with Crippen molar-refractivity contribution in [2.45, 2.75) is 30.0 Å². The van der Waals surface area contributed by atoms with Crippen molar-refractivity contribution in [1.82, 2.24) is 10.2 Å². The molecule has 3 aromatic rings. The molecule has 2 aromatic carbocycles. The van der Waals surface area contributed by atoms with Gasteiger partial charge >= 0.3 is 0 Å². The molecule has 13 heteroatoms. The van der Waals surface area contributed by atoms with Crippen LogP contribution in [0.1, 0.15) is 18.1 Å². The molecule has 0 saturated carbocycles. The number of nitrogens with zero attached hydrogens (tertiary/aromatic N) is 4. The predicted octanol–water partition coefficient (Wildman–Crippen LogP) is 3.84. The largest absolute Gasteiger partial charge is 0.299 e. The number of hydrogen-bond donors (Lipinski definition) is 1. The minimum Gasteiger partial charge on any atom is -0.299 e. The van der Waals surface area contributed by atoms with Gasteiger partial charge in [0.05, 0.1) is 16.9 Å². The third-order valence-electron chi connectivity index (χ3n) is 4.57. The molecule has 10 nitrogen and oxygen atoms in total. The molecule has 1 aromatic heterocycles. The smallest absolute Gasteiger partial charge is 0.271 e. The van der Waals surface area contributed by atoms with Crippen molar-refractivity contribution in [3.8, 4) is 0 Å². The van der Waals surface area contributed by atoms with Crippen LogP contribution in [-0.2, 0) is 20.6 Å². The Balaban J connectivity index is 1.76. The standard InChI is InChI=1S/C20H21N5O5S3/c1-13-9-10-16(25(27)28)11-17(13)24(33(3,29)30)14(2)18(26)21-19-22-23-20(32-19)31-12-15-7-5-4-6-8-15/h4-11,14H,12H2,1-3H3,(H,21,22,26)/t14-/m1/s1. The third kappa shape index (κ3) is 6.27. The van der Waals surface area contributed by atoms with Crippen LogP contribution in [0.25, 0.3) is 0 Å². The van der Waals surface area contributed by atoms with Crippen molar-refractivity contribution in [3.05, 3.63) is 69.8 Å². The van der Waals surface area contributed by atoms with Crippen LogP contribution in [-0.4, -0.2) is 41.7 Å². The van der Waals surface area contributed by atoms with E-state index >= 15 is 0 Å². The quantitative estimate of drug-likeness (QED) is 0.200. The van der Waals surface area contributed by atoms with Gasteiger partial charge in [-0.15, -0.1) is 10.2 Å². The van der Waals surface area contributed by atoms with E-state index in [1.54, 1.807) is 6.92 Å². The van der Waals surface area contributed by atoms with Gasteiger partial charge < -0.3 is 0 Å². The van der Waals surface area contributed by atoms with Crippen LogP contribution >= 0.6 is 23.1 Å². The van der Waals surface area contributed by atoms with Crippen LogP contribution in [0.5, 0.6) is 0 Å². The molecule has 1 amide bonds. The summed E-state index contributed by atoms with van der Waals surface area (Å²) in [7, 11) is -3.94. The fourth-order valence-electron chi connectivity index (χ4n) is 2.98. The van der Waals surface area contributed by atoms with E-state index in [1.165, 1.54) is 42.2 Å². The molecule has 0 aliphatic rings. The van der Waals surface area contributed by atoms with E-state index in [9.17, 15) is 23.3 Å². The Morgan fingerprint density at radius 1 is 1.24 bits per heavy atom. The topological polar surface area (TPSA) is 135 Å². The average molecular weight is 508 g/mol. The van der Waals surface area contributed by atoms with Gasteiger partial charge in [0.1, 0.15) is 6.04 Å². The van der Waals surface area contributed by atoms with E-state index in [0.717, 1.165) is 22.2 Å². The lowest BCUT2D eigenvalue weighted by Gasteiger charge is -2.29. The first-order valence-electron chi connectivity index (χ1n) is 9.62. The number of amides is 1. The van der Waals surface area contributed by atoms with E-state index in [0.29, 0.717) is 15.7 Å². The fraction of sp³-hybridized carbons (Fsp3) is 0.250. The van der Waals surface area contributed by atoms with Crippen LogP contribution in [0.2, 0.25) is 0 Å². The number of thioether (sulfide) groups is 1. The van der Waals surface area contributed by atoms with E-state index in [4.69, 9.17) is 0 Å². The molecule has 1 N–H and O–H groups in total. The molecule has 0 aliphatic carbocycles. The first-order valence-corrected chi connectivity index (χ1v) is 13.3. The number of aromatic nitrogens is 2. The lowest BCUT2D eigenvalue weighted by Crippen LogP contribution is -2.45. The fourth-order valence-corrected chi connectivity index (χ4v) is 5.91. The normalized spacial score (nSPS) is 12.2. The number of nitro benzene ring substituents is 1. The Hall–Kier alpha value is -3.03. The third-order valence-corrected chi connectivity index (χ3v) is 7.84. The first kappa shape index (κ1) is 24.6. The molecule has 0 radical (unpaired) electrons. The van der Waals surface area contributed by atoms with Crippen molar-refractivity contribution in [2.75, 3.05) is 15.9 Å². The van der Waals surface area contributed by atoms with Crippen molar-refractivity contribution in [2.24, 2.45) is 0 Å². The van der Waals surface area contributed by atoms with Gasteiger partial charge in [-0.3, -0.25) is 24.5 Å². The Morgan fingerprint density at radius 3 is 2.58 bits per heavy atom. The maximum atomic E-state index is 12.9. The summed E-state index contributed by atoms with van der Waals surface area (Å²) in [6.45, 7) is 3.02. The highest BCUT2D eigenvalue weighted by Gasteiger charge is 2.31. The summed E-state index contributed by atoms with van der Waals surface area (Å²) in [5.74, 6) is 0.0513. The van der Waals surface area contributed by atoms with Crippen molar-refractivity contribution in [3.63, 3.8) is 0 Å². The zero-order valence-corrected chi connectivity index (χ0v) is 20.4. The first-order chi connectivity index (χ1) is 15.6. The second-order valence-electron chi connectivity index (χ2n) is 7.10. The van der Waals surface area contributed by atoms with Gasteiger partial charge in [-0.2, -0.15) is 0 Å². The highest BCUT2D eigenvalue weighted by molar-refractivity contribution is 8.00. The van der Waals surface area contributed by atoms with Gasteiger partial charge in [0.15, 0.2) is 4.34 Å². The van der Waals surface area contributed by atoms with Crippen LogP contribution in [0.3, 0.4) is 0 Å². The number of nitro groups is 1. The summed E-state index contributed by atoms with van der Waals surface area (Å²) in [5, 5.41) is 22.0. The second kappa shape index (κ2) is 10.3. The SMILES string of the molecule is Cc1ccc([N+](=O)[O-])cc1N([C@H](C)C(=O)Nc1nnc(SCc2ccccc2)s1)S(C)(=O)=O. The van der Waals surface area contributed by atoms with Crippen molar-refractivity contribution in [1.29, 1.82) is 0 Å². The Bertz CT molecular complexity index is 1260. The number of rotatable bonds is 9. The summed E-state index contributed by atoms with van der Waals surface area (Å²) in [6, 6.07) is 12.5. The minimum absolute atomic E-state index is 0.0609. The van der Waals surface area contributed by atoms with E-state index in [1.807, 2.05) is 30.3 Å². The summed E-state index contributed by atoms with van der Waals surface area (Å²) in [5.41, 5.74) is 1.38. The molecule has 33 heavy (non-hydrogen) atoms. The number of carbonyl (C=O) groups is 1. The molecule has 0 fully saturated rings. The zero-order valence-electron chi connectivity index (χ0n) is 18.0. The summed E-state index contributed by atoms with van der Waals surface area (Å²) >= 11 is 2.64. The number of sulfonamides is 1. The Kier molecular flexibility index (Phi) is 7.66. The number of anilines is 2. The van der Waals surface area contributed by atoms with Crippen LogP contribution in [0.15, 0.2) is 52.9 Å². The molecule has 3 rings (SSSR count). The minimum atomic E-state index is -3.94. The Morgan fingerprint density at radius 2 is 1.94 bits per heavy atom. The molecule has 0 saturated heterocycles. The average Bonchev–Trinajstić information content (AvgIpc) is 3.20. The maximum Gasteiger partial charge on any atom is 0.271 e. The lowest BCUT2D eigenvalue weighted by atomic mass is 10.1. The van der Waals surface area contributed by atoms with Crippen molar-refractivity contribution < 1.29 is 18.1 Å². The van der Waals surface area contributed by atoms with Gasteiger partial charge in [0.25, 0.3) is 5.69 Å². The molecular formula is C20H21N5O5S3. The van der Waals surface area contributed by atoms with Crippen molar-refractivity contribution >= 4 is 55.5 Å². The summed E-state index contributed by atoms with van der Waals surface area (Å²) in [4.78, 5) is 23.4. The summed E-state index contributed by atoms with van der Waals surface area (Å²) in [6.07, 6.45) is 0.943. The number of non-ortho nitro benzene ring substituents is 1. The molecule has 0 aliphatic heterocycles. The summed E-state index contributed by atoms with van der Waals surface area (Å²) < 4.78 is 26.6. The molecular weight excluding hydrogens is 486 g/mol. The molecule has 0 bridgehead atoms. The second-order valence-corrected chi connectivity index (χ2v) is 11.2. The number of carbonyl (C=O) groups excluding carboxylic acids is 1. The molecule has 0 unspecified atom stereocenters. The predicted molar refractivity (Wildman–Crippen MR) is 129 cm³/mol.